The van der Waals surface area contributed by atoms with Crippen molar-refractivity contribution >= 4 is 23.7 Å². The first-order valence-electron chi connectivity index (χ1n) is 7.79. The van der Waals surface area contributed by atoms with Crippen LogP contribution in [-0.2, 0) is 11.3 Å². The molecule has 2 aromatic rings. The van der Waals surface area contributed by atoms with E-state index in [2.05, 4.69) is 20.8 Å². The van der Waals surface area contributed by atoms with Crippen LogP contribution in [0.5, 0.6) is 0 Å². The van der Waals surface area contributed by atoms with Crippen molar-refractivity contribution in [3.05, 3.63) is 18.1 Å². The largest absolute Gasteiger partial charge is 0.469 e. The van der Waals surface area contributed by atoms with Gasteiger partial charge in [-0.25, -0.2) is 4.79 Å². The number of nitrogens with zero attached hydrogens (tertiary/aromatic N) is 3. The Labute approximate surface area is 143 Å². The predicted molar refractivity (Wildman–Crippen MR) is 88.6 cm³/mol. The van der Waals surface area contributed by atoms with E-state index < -0.39 is 6.03 Å². The summed E-state index contributed by atoms with van der Waals surface area (Å²) in [6.07, 6.45) is 3.57. The normalized spacial score (nSPS) is 13.8. The smallest absolute Gasteiger partial charge is 0.321 e. The number of hydrogen-bond donors (Lipinski definition) is 2. The number of furan rings is 1. The molecule has 8 nitrogen and oxygen atoms in total. The van der Waals surface area contributed by atoms with Gasteiger partial charge in [-0.3, -0.25) is 10.1 Å². The Balaban J connectivity index is 1.61. The predicted octanol–water partition coefficient (Wildman–Crippen LogP) is 1.95. The summed E-state index contributed by atoms with van der Waals surface area (Å²) in [5.74, 6) is 1.21. The Morgan fingerprint density at radius 2 is 2.21 bits per heavy atom. The topological polar surface area (TPSA) is 102 Å². The van der Waals surface area contributed by atoms with Gasteiger partial charge >= 0.3 is 6.03 Å². The van der Waals surface area contributed by atoms with Crippen molar-refractivity contribution in [2.24, 2.45) is 0 Å². The fraction of sp³-hybridized carbons (Fsp3) is 0.467. The molecule has 24 heavy (non-hydrogen) atoms. The van der Waals surface area contributed by atoms with Crippen LogP contribution in [0.1, 0.15) is 25.5 Å². The Morgan fingerprint density at radius 1 is 1.42 bits per heavy atom. The Bertz CT molecular complexity index is 750. The SMILES string of the molecule is CCn1c(SCC(=O)NC(=O)NC2CC2)nnc1-c1ccoc1C. The molecule has 1 aliphatic carbocycles. The number of carbonyl (C=O) groups excluding carboxylic acids is 2. The van der Waals surface area contributed by atoms with Crippen LogP contribution in [0.3, 0.4) is 0 Å². The fourth-order valence-corrected chi connectivity index (χ4v) is 3.04. The van der Waals surface area contributed by atoms with E-state index in [1.165, 1.54) is 11.8 Å². The highest BCUT2D eigenvalue weighted by atomic mass is 32.2. The van der Waals surface area contributed by atoms with Crippen molar-refractivity contribution in [2.45, 2.75) is 44.4 Å². The lowest BCUT2D eigenvalue weighted by atomic mass is 10.2. The Kier molecular flexibility index (Phi) is 4.89. The molecule has 0 aromatic carbocycles. The number of thioether (sulfide) groups is 1. The van der Waals surface area contributed by atoms with Crippen LogP contribution in [0.25, 0.3) is 11.4 Å². The lowest BCUT2D eigenvalue weighted by molar-refractivity contribution is -0.117. The van der Waals surface area contributed by atoms with Gasteiger partial charge in [-0.2, -0.15) is 0 Å². The summed E-state index contributed by atoms with van der Waals surface area (Å²) in [5, 5.41) is 14.0. The second kappa shape index (κ2) is 7.08. The highest BCUT2D eigenvalue weighted by molar-refractivity contribution is 7.99. The van der Waals surface area contributed by atoms with Gasteiger partial charge < -0.3 is 14.3 Å². The van der Waals surface area contributed by atoms with Crippen molar-refractivity contribution < 1.29 is 14.0 Å². The third-order valence-corrected chi connectivity index (χ3v) is 4.60. The van der Waals surface area contributed by atoms with Crippen molar-refractivity contribution in [1.82, 2.24) is 25.4 Å². The van der Waals surface area contributed by atoms with Gasteiger partial charge in [0.05, 0.1) is 17.6 Å². The molecule has 0 saturated heterocycles. The van der Waals surface area contributed by atoms with Gasteiger partial charge in [0.2, 0.25) is 5.91 Å². The zero-order valence-electron chi connectivity index (χ0n) is 13.5. The molecule has 9 heteroatoms. The first-order valence-corrected chi connectivity index (χ1v) is 8.77. The zero-order valence-corrected chi connectivity index (χ0v) is 14.4. The second-order valence-corrected chi connectivity index (χ2v) is 6.47. The molecule has 1 saturated carbocycles. The zero-order chi connectivity index (χ0) is 17.1. The Hall–Kier alpha value is -2.29. The summed E-state index contributed by atoms with van der Waals surface area (Å²) in [6.45, 7) is 4.51. The summed E-state index contributed by atoms with van der Waals surface area (Å²) in [4.78, 5) is 23.4. The maximum atomic E-state index is 11.9. The van der Waals surface area contributed by atoms with E-state index in [-0.39, 0.29) is 17.7 Å². The maximum absolute atomic E-state index is 11.9. The minimum atomic E-state index is -0.435. The molecule has 0 atom stereocenters. The quantitative estimate of drug-likeness (QED) is 0.773. The van der Waals surface area contributed by atoms with Crippen LogP contribution in [0.4, 0.5) is 4.79 Å². The van der Waals surface area contributed by atoms with Crippen LogP contribution in [-0.4, -0.2) is 38.5 Å². The van der Waals surface area contributed by atoms with E-state index in [0.717, 1.165) is 24.2 Å². The lowest BCUT2D eigenvalue weighted by Gasteiger charge is -2.07. The lowest BCUT2D eigenvalue weighted by Crippen LogP contribution is -2.41. The van der Waals surface area contributed by atoms with Crippen LogP contribution in [0, 0.1) is 6.92 Å². The molecular weight excluding hydrogens is 330 g/mol. The van der Waals surface area contributed by atoms with Crippen LogP contribution in [0.2, 0.25) is 0 Å². The minimum absolute atomic E-state index is 0.0978. The molecule has 0 spiro atoms. The number of carbonyl (C=O) groups is 2. The number of imide groups is 1. The second-order valence-electron chi connectivity index (χ2n) is 5.53. The van der Waals surface area contributed by atoms with Gasteiger partial charge in [0, 0.05) is 12.6 Å². The summed E-state index contributed by atoms with van der Waals surface area (Å²) in [6, 6.07) is 1.62. The molecule has 1 aliphatic rings. The van der Waals surface area contributed by atoms with Gasteiger partial charge in [0.1, 0.15) is 5.76 Å². The van der Waals surface area contributed by atoms with Crippen molar-refractivity contribution in [1.29, 1.82) is 0 Å². The van der Waals surface area contributed by atoms with E-state index in [1.54, 1.807) is 6.26 Å². The van der Waals surface area contributed by atoms with Gasteiger partial charge in [-0.1, -0.05) is 11.8 Å². The number of urea groups is 1. The molecule has 0 radical (unpaired) electrons. The molecule has 2 N–H and O–H groups in total. The summed E-state index contributed by atoms with van der Waals surface area (Å²) in [7, 11) is 0. The average molecular weight is 349 g/mol. The third-order valence-electron chi connectivity index (χ3n) is 3.63. The van der Waals surface area contributed by atoms with Crippen LogP contribution < -0.4 is 10.6 Å². The molecule has 128 valence electrons. The molecule has 1 fully saturated rings. The standard InChI is InChI=1S/C15H19N5O3S/c1-3-20-13(11-6-7-23-9(11)2)18-19-15(20)24-8-12(21)17-14(22)16-10-4-5-10/h6-7,10H,3-5,8H2,1-2H3,(H2,16,17,21,22). The molecule has 3 amide bonds. The van der Waals surface area contributed by atoms with E-state index in [4.69, 9.17) is 4.42 Å². The molecule has 2 aromatic heterocycles. The summed E-state index contributed by atoms with van der Waals surface area (Å²) >= 11 is 1.25. The van der Waals surface area contributed by atoms with Crippen LogP contribution in [0.15, 0.2) is 21.9 Å². The van der Waals surface area contributed by atoms with E-state index in [9.17, 15) is 9.59 Å². The molecule has 2 heterocycles. The minimum Gasteiger partial charge on any atom is -0.469 e. The highest BCUT2D eigenvalue weighted by Crippen LogP contribution is 2.26. The summed E-state index contributed by atoms with van der Waals surface area (Å²) in [5.41, 5.74) is 0.879. The van der Waals surface area contributed by atoms with E-state index in [1.807, 2.05) is 24.5 Å². The van der Waals surface area contributed by atoms with Crippen LogP contribution >= 0.6 is 11.8 Å². The molecule has 3 rings (SSSR count). The monoisotopic (exact) mass is 349 g/mol. The molecule has 0 unspecified atom stereocenters. The van der Waals surface area contributed by atoms with Crippen molar-refractivity contribution in [3.63, 3.8) is 0 Å². The Morgan fingerprint density at radius 3 is 2.83 bits per heavy atom. The van der Waals surface area contributed by atoms with Crippen molar-refractivity contribution in [3.8, 4) is 11.4 Å². The first kappa shape index (κ1) is 16.6. The van der Waals surface area contributed by atoms with Gasteiger partial charge in [-0.05, 0) is 32.8 Å². The van der Waals surface area contributed by atoms with Gasteiger partial charge in [0.15, 0.2) is 11.0 Å². The highest BCUT2D eigenvalue weighted by Gasteiger charge is 2.24. The molecule has 0 aliphatic heterocycles. The number of amides is 3. The number of aromatic nitrogens is 3. The van der Waals surface area contributed by atoms with Gasteiger partial charge in [-0.15, -0.1) is 10.2 Å². The number of aryl methyl sites for hydroxylation is 1. The maximum Gasteiger partial charge on any atom is 0.321 e. The molecule has 0 bridgehead atoms. The third kappa shape index (κ3) is 3.78. The van der Waals surface area contributed by atoms with E-state index in [0.29, 0.717) is 17.5 Å². The fourth-order valence-electron chi connectivity index (χ4n) is 2.24. The number of nitrogens with one attached hydrogen (secondary N) is 2. The van der Waals surface area contributed by atoms with E-state index >= 15 is 0 Å². The van der Waals surface area contributed by atoms with Crippen molar-refractivity contribution in [2.75, 3.05) is 5.75 Å². The first-order chi connectivity index (χ1) is 11.6. The van der Waals surface area contributed by atoms with Gasteiger partial charge in [0.25, 0.3) is 0 Å². The summed E-state index contributed by atoms with van der Waals surface area (Å²) < 4.78 is 7.23. The number of hydrogen-bond acceptors (Lipinski definition) is 6. The molecular formula is C15H19N5O3S. The number of rotatable bonds is 6. The average Bonchev–Trinajstić information content (AvgIpc) is 3.10.